The lowest BCUT2D eigenvalue weighted by molar-refractivity contribution is -0.123. The number of nitrogens with two attached hydrogens (primary N) is 1. The van der Waals surface area contributed by atoms with Gasteiger partial charge < -0.3 is 15.8 Å². The maximum atomic E-state index is 11.4. The molecule has 1 aromatic carbocycles. The molecule has 94 valence electrons. The van der Waals surface area contributed by atoms with E-state index in [1.165, 1.54) is 0 Å². The first-order valence-corrected chi connectivity index (χ1v) is 5.83. The summed E-state index contributed by atoms with van der Waals surface area (Å²) in [6.45, 7) is 4.49. The fourth-order valence-corrected chi connectivity index (χ4v) is 1.47. The zero-order valence-corrected chi connectivity index (χ0v) is 10.4. The highest BCUT2D eigenvalue weighted by atomic mass is 16.5. The molecule has 0 saturated carbocycles. The Morgan fingerprint density at radius 2 is 2.24 bits per heavy atom. The molecule has 0 aromatic heterocycles. The third kappa shape index (κ3) is 5.36. The van der Waals surface area contributed by atoms with Crippen molar-refractivity contribution >= 4 is 5.91 Å². The molecule has 0 radical (unpaired) electrons. The monoisotopic (exact) mass is 236 g/mol. The van der Waals surface area contributed by atoms with E-state index in [1.54, 1.807) is 0 Å². The van der Waals surface area contributed by atoms with Crippen molar-refractivity contribution in [3.63, 3.8) is 0 Å². The summed E-state index contributed by atoms with van der Waals surface area (Å²) in [4.78, 5) is 11.4. The van der Waals surface area contributed by atoms with Gasteiger partial charge >= 0.3 is 0 Å². The molecule has 0 bridgehead atoms. The lowest BCUT2D eigenvalue weighted by Gasteiger charge is -2.10. The Kier molecular flexibility index (Phi) is 5.49. The Bertz CT molecular complexity index is 364. The van der Waals surface area contributed by atoms with Gasteiger partial charge in [-0.1, -0.05) is 12.1 Å². The fraction of sp³-hybridized carbons (Fsp3) is 0.462. The van der Waals surface area contributed by atoms with E-state index in [1.807, 2.05) is 38.1 Å². The number of hydrogen-bond donors (Lipinski definition) is 2. The van der Waals surface area contributed by atoms with E-state index >= 15 is 0 Å². The second-order valence-corrected chi connectivity index (χ2v) is 4.20. The maximum absolute atomic E-state index is 11.4. The summed E-state index contributed by atoms with van der Waals surface area (Å²) in [5, 5.41) is 2.77. The van der Waals surface area contributed by atoms with Crippen LogP contribution in [0, 0.1) is 0 Å². The lowest BCUT2D eigenvalue weighted by Crippen LogP contribution is -2.34. The number of benzene rings is 1. The molecule has 0 saturated heterocycles. The first kappa shape index (κ1) is 13.5. The van der Waals surface area contributed by atoms with Crippen LogP contribution < -0.4 is 15.8 Å². The van der Waals surface area contributed by atoms with Gasteiger partial charge in [-0.3, -0.25) is 4.79 Å². The highest BCUT2D eigenvalue weighted by molar-refractivity contribution is 5.77. The van der Waals surface area contributed by atoms with Gasteiger partial charge in [0.2, 0.25) is 0 Å². The number of ether oxygens (including phenoxy) is 1. The topological polar surface area (TPSA) is 64.3 Å². The predicted molar refractivity (Wildman–Crippen MR) is 68.0 cm³/mol. The molecule has 1 aromatic rings. The van der Waals surface area contributed by atoms with Crippen molar-refractivity contribution in [1.29, 1.82) is 0 Å². The van der Waals surface area contributed by atoms with Crippen LogP contribution in [-0.2, 0) is 11.2 Å². The summed E-state index contributed by atoms with van der Waals surface area (Å²) in [5.41, 5.74) is 6.60. The summed E-state index contributed by atoms with van der Waals surface area (Å²) in [5.74, 6) is 0.596. The van der Waals surface area contributed by atoms with Crippen LogP contribution in [0.25, 0.3) is 0 Å². The third-order valence-corrected chi connectivity index (χ3v) is 2.15. The third-order valence-electron chi connectivity index (χ3n) is 2.15. The molecule has 3 N–H and O–H groups in total. The van der Waals surface area contributed by atoms with Crippen molar-refractivity contribution in [2.75, 3.05) is 13.2 Å². The van der Waals surface area contributed by atoms with Crippen molar-refractivity contribution < 1.29 is 9.53 Å². The van der Waals surface area contributed by atoms with Crippen LogP contribution in [-0.4, -0.2) is 25.1 Å². The molecular formula is C13H20N2O2. The van der Waals surface area contributed by atoms with E-state index in [0.29, 0.717) is 12.3 Å². The van der Waals surface area contributed by atoms with Gasteiger partial charge in [-0.05, 0) is 44.5 Å². The molecule has 0 heterocycles. The molecule has 0 aliphatic heterocycles. The van der Waals surface area contributed by atoms with Gasteiger partial charge in [0.1, 0.15) is 5.75 Å². The van der Waals surface area contributed by atoms with Gasteiger partial charge in [0.25, 0.3) is 5.91 Å². The summed E-state index contributed by atoms with van der Waals surface area (Å²) >= 11 is 0. The Hall–Kier alpha value is -1.55. The van der Waals surface area contributed by atoms with Crippen LogP contribution in [0.5, 0.6) is 5.75 Å². The normalized spacial score (nSPS) is 10.4. The first-order valence-electron chi connectivity index (χ1n) is 5.83. The molecule has 0 spiro atoms. The van der Waals surface area contributed by atoms with Crippen LogP contribution in [0.4, 0.5) is 0 Å². The Balaban J connectivity index is 2.45. The van der Waals surface area contributed by atoms with E-state index in [4.69, 9.17) is 10.5 Å². The molecule has 0 atom stereocenters. The van der Waals surface area contributed by atoms with Gasteiger partial charge in [-0.15, -0.1) is 0 Å². The molecule has 1 rings (SSSR count). The zero-order valence-electron chi connectivity index (χ0n) is 10.4. The Labute approximate surface area is 102 Å². The van der Waals surface area contributed by atoms with E-state index in [2.05, 4.69) is 5.32 Å². The quantitative estimate of drug-likeness (QED) is 0.777. The number of rotatable bonds is 6. The molecule has 1 amide bonds. The standard InChI is InChI=1S/C13H20N2O2/c1-10(2)15-13(16)9-17-12-5-3-4-11(8-12)6-7-14/h3-5,8,10H,6-7,9,14H2,1-2H3,(H,15,16). The molecule has 0 fully saturated rings. The highest BCUT2D eigenvalue weighted by Crippen LogP contribution is 2.13. The summed E-state index contributed by atoms with van der Waals surface area (Å²) in [6, 6.07) is 7.78. The fourth-order valence-electron chi connectivity index (χ4n) is 1.47. The van der Waals surface area contributed by atoms with Crippen molar-refractivity contribution in [2.24, 2.45) is 5.73 Å². The number of carbonyl (C=O) groups is 1. The predicted octanol–water partition coefficient (Wildman–Crippen LogP) is 1.09. The lowest BCUT2D eigenvalue weighted by atomic mass is 10.1. The molecular weight excluding hydrogens is 216 g/mol. The molecule has 0 aliphatic carbocycles. The van der Waals surface area contributed by atoms with Crippen LogP contribution >= 0.6 is 0 Å². The first-order chi connectivity index (χ1) is 8.11. The number of amides is 1. The molecule has 4 nitrogen and oxygen atoms in total. The van der Waals surface area contributed by atoms with Crippen molar-refractivity contribution in [3.8, 4) is 5.75 Å². The summed E-state index contributed by atoms with van der Waals surface area (Å²) in [6.07, 6.45) is 0.815. The highest BCUT2D eigenvalue weighted by Gasteiger charge is 2.04. The van der Waals surface area contributed by atoms with Gasteiger partial charge in [-0.2, -0.15) is 0 Å². The van der Waals surface area contributed by atoms with Crippen molar-refractivity contribution in [3.05, 3.63) is 29.8 Å². The summed E-state index contributed by atoms with van der Waals surface area (Å²) < 4.78 is 5.40. The number of hydrogen-bond acceptors (Lipinski definition) is 3. The molecule has 4 heteroatoms. The van der Waals surface area contributed by atoms with Crippen LogP contribution in [0.2, 0.25) is 0 Å². The van der Waals surface area contributed by atoms with Gasteiger partial charge in [0.15, 0.2) is 6.61 Å². The Morgan fingerprint density at radius 3 is 2.88 bits per heavy atom. The molecule has 0 unspecified atom stereocenters. The number of nitrogens with one attached hydrogen (secondary N) is 1. The zero-order chi connectivity index (χ0) is 12.7. The minimum absolute atomic E-state index is 0.0459. The van der Waals surface area contributed by atoms with Crippen molar-refractivity contribution in [2.45, 2.75) is 26.3 Å². The minimum atomic E-state index is -0.107. The number of carbonyl (C=O) groups excluding carboxylic acids is 1. The van der Waals surface area contributed by atoms with Gasteiger partial charge in [0, 0.05) is 6.04 Å². The van der Waals surface area contributed by atoms with E-state index in [-0.39, 0.29) is 18.6 Å². The Morgan fingerprint density at radius 1 is 1.47 bits per heavy atom. The van der Waals surface area contributed by atoms with Crippen LogP contribution in [0.15, 0.2) is 24.3 Å². The average molecular weight is 236 g/mol. The van der Waals surface area contributed by atoms with E-state index < -0.39 is 0 Å². The maximum Gasteiger partial charge on any atom is 0.258 e. The van der Waals surface area contributed by atoms with Gasteiger partial charge in [-0.25, -0.2) is 0 Å². The largest absolute Gasteiger partial charge is 0.484 e. The minimum Gasteiger partial charge on any atom is -0.484 e. The van der Waals surface area contributed by atoms with Crippen LogP contribution in [0.1, 0.15) is 19.4 Å². The van der Waals surface area contributed by atoms with Crippen molar-refractivity contribution in [1.82, 2.24) is 5.32 Å². The van der Waals surface area contributed by atoms with E-state index in [0.717, 1.165) is 12.0 Å². The SMILES string of the molecule is CC(C)NC(=O)COc1cccc(CCN)c1. The summed E-state index contributed by atoms with van der Waals surface area (Å²) in [7, 11) is 0. The average Bonchev–Trinajstić information content (AvgIpc) is 2.26. The molecule has 17 heavy (non-hydrogen) atoms. The van der Waals surface area contributed by atoms with E-state index in [9.17, 15) is 4.79 Å². The smallest absolute Gasteiger partial charge is 0.258 e. The van der Waals surface area contributed by atoms with Gasteiger partial charge in [0.05, 0.1) is 0 Å². The second kappa shape index (κ2) is 6.91. The van der Waals surface area contributed by atoms with Crippen LogP contribution in [0.3, 0.4) is 0 Å². The second-order valence-electron chi connectivity index (χ2n) is 4.20. The molecule has 0 aliphatic rings.